The summed E-state index contributed by atoms with van der Waals surface area (Å²) in [6, 6.07) is 6.49. The monoisotopic (exact) mass is 257 g/mol. The van der Waals surface area contributed by atoms with Crippen LogP contribution in [0, 0.1) is 0 Å². The molecule has 0 aliphatic rings. The highest BCUT2D eigenvalue weighted by Gasteiger charge is 2.16. The van der Waals surface area contributed by atoms with E-state index in [1.165, 1.54) is 6.07 Å². The van der Waals surface area contributed by atoms with Crippen LogP contribution < -0.4 is 5.73 Å². The lowest BCUT2D eigenvalue weighted by atomic mass is 10.3. The lowest BCUT2D eigenvalue weighted by Gasteiger charge is -2.07. The van der Waals surface area contributed by atoms with E-state index in [1.54, 1.807) is 18.2 Å². The van der Waals surface area contributed by atoms with E-state index in [9.17, 15) is 8.42 Å². The molecule has 2 N–H and O–H groups in total. The summed E-state index contributed by atoms with van der Waals surface area (Å²) in [6.45, 7) is 2.89. The van der Waals surface area contributed by atoms with Gasteiger partial charge in [0.05, 0.1) is 22.9 Å². The van der Waals surface area contributed by atoms with Gasteiger partial charge < -0.3 is 10.5 Å². The summed E-state index contributed by atoms with van der Waals surface area (Å²) in [7, 11) is -3.33. The SMILES string of the molecule is CCCCOCCS(=O)(=O)c1ccccc1N. The van der Waals surface area contributed by atoms with Crippen molar-refractivity contribution in [3.8, 4) is 0 Å². The number of ether oxygens (including phenoxy) is 1. The summed E-state index contributed by atoms with van der Waals surface area (Å²) in [5.74, 6) is -0.0229. The molecule has 0 aliphatic heterocycles. The van der Waals surface area contributed by atoms with E-state index >= 15 is 0 Å². The van der Waals surface area contributed by atoms with Crippen LogP contribution in [0.25, 0.3) is 0 Å². The molecule has 1 aromatic carbocycles. The highest BCUT2D eigenvalue weighted by Crippen LogP contribution is 2.18. The van der Waals surface area contributed by atoms with Crippen LogP contribution in [0.3, 0.4) is 0 Å². The third-order valence-corrected chi connectivity index (χ3v) is 4.14. The van der Waals surface area contributed by atoms with Gasteiger partial charge in [0.1, 0.15) is 0 Å². The zero-order valence-corrected chi connectivity index (χ0v) is 10.9. The topological polar surface area (TPSA) is 69.4 Å². The molecule has 0 spiro atoms. The van der Waals surface area contributed by atoms with Gasteiger partial charge in [0, 0.05) is 6.61 Å². The molecule has 0 bridgehead atoms. The molecule has 0 fully saturated rings. The van der Waals surface area contributed by atoms with E-state index in [0.29, 0.717) is 12.3 Å². The fraction of sp³-hybridized carbons (Fsp3) is 0.500. The van der Waals surface area contributed by atoms with Gasteiger partial charge in [0.2, 0.25) is 0 Å². The van der Waals surface area contributed by atoms with Crippen molar-refractivity contribution in [1.29, 1.82) is 0 Å². The molecule has 17 heavy (non-hydrogen) atoms. The number of hydrogen-bond donors (Lipinski definition) is 1. The number of anilines is 1. The van der Waals surface area contributed by atoms with E-state index in [-0.39, 0.29) is 17.3 Å². The highest BCUT2D eigenvalue weighted by molar-refractivity contribution is 7.91. The largest absolute Gasteiger partial charge is 0.398 e. The molecule has 0 radical (unpaired) electrons. The Hall–Kier alpha value is -1.07. The first kappa shape index (κ1) is 14.0. The maximum absolute atomic E-state index is 11.9. The molecule has 1 aromatic rings. The maximum atomic E-state index is 11.9. The molecule has 0 heterocycles. The second-order valence-electron chi connectivity index (χ2n) is 3.82. The van der Waals surface area contributed by atoms with Crippen LogP contribution in [0.4, 0.5) is 5.69 Å². The molecule has 4 nitrogen and oxygen atoms in total. The Labute approximate surface area is 103 Å². The Morgan fingerprint density at radius 3 is 2.59 bits per heavy atom. The van der Waals surface area contributed by atoms with Crippen molar-refractivity contribution >= 4 is 15.5 Å². The van der Waals surface area contributed by atoms with Gasteiger partial charge in [-0.15, -0.1) is 0 Å². The van der Waals surface area contributed by atoms with Gasteiger partial charge in [-0.2, -0.15) is 0 Å². The molecule has 0 saturated heterocycles. The van der Waals surface area contributed by atoms with Gasteiger partial charge in [0.15, 0.2) is 9.84 Å². The fourth-order valence-electron chi connectivity index (χ4n) is 1.39. The zero-order valence-electron chi connectivity index (χ0n) is 10.1. The number of benzene rings is 1. The smallest absolute Gasteiger partial charge is 0.182 e. The first-order chi connectivity index (χ1) is 8.08. The van der Waals surface area contributed by atoms with Crippen LogP contribution in [0.1, 0.15) is 19.8 Å². The number of sulfone groups is 1. The van der Waals surface area contributed by atoms with E-state index in [4.69, 9.17) is 10.5 Å². The molecular formula is C12H19NO3S. The van der Waals surface area contributed by atoms with Gasteiger partial charge in [-0.25, -0.2) is 8.42 Å². The minimum atomic E-state index is -3.33. The number of hydrogen-bond acceptors (Lipinski definition) is 4. The summed E-state index contributed by atoms with van der Waals surface area (Å²) in [6.07, 6.45) is 1.99. The standard InChI is InChI=1S/C12H19NO3S/c1-2-3-8-16-9-10-17(14,15)12-7-5-4-6-11(12)13/h4-7H,2-3,8-10,13H2,1H3. The van der Waals surface area contributed by atoms with E-state index < -0.39 is 9.84 Å². The second kappa shape index (κ2) is 6.61. The number of rotatable bonds is 7. The predicted molar refractivity (Wildman–Crippen MR) is 68.6 cm³/mol. The van der Waals surface area contributed by atoms with Crippen LogP contribution in [-0.4, -0.2) is 27.4 Å². The number of nitrogens with two attached hydrogens (primary N) is 1. The Morgan fingerprint density at radius 2 is 1.94 bits per heavy atom. The summed E-state index contributed by atoms with van der Waals surface area (Å²) in [5.41, 5.74) is 5.93. The molecule has 0 saturated carbocycles. The minimum Gasteiger partial charge on any atom is -0.398 e. The first-order valence-corrected chi connectivity index (χ1v) is 7.38. The van der Waals surface area contributed by atoms with Crippen molar-refractivity contribution in [1.82, 2.24) is 0 Å². The third-order valence-electron chi connectivity index (χ3n) is 2.39. The lowest BCUT2D eigenvalue weighted by Crippen LogP contribution is -2.14. The average Bonchev–Trinajstić information content (AvgIpc) is 2.29. The van der Waals surface area contributed by atoms with Crippen LogP contribution in [0.5, 0.6) is 0 Å². The van der Waals surface area contributed by atoms with Gasteiger partial charge >= 0.3 is 0 Å². The lowest BCUT2D eigenvalue weighted by molar-refractivity contribution is 0.146. The van der Waals surface area contributed by atoms with Crippen LogP contribution in [0.2, 0.25) is 0 Å². The van der Waals surface area contributed by atoms with Crippen molar-refractivity contribution in [3.63, 3.8) is 0 Å². The van der Waals surface area contributed by atoms with E-state index in [2.05, 4.69) is 6.92 Å². The van der Waals surface area contributed by atoms with Crippen LogP contribution in [-0.2, 0) is 14.6 Å². The maximum Gasteiger partial charge on any atom is 0.182 e. The Morgan fingerprint density at radius 1 is 1.24 bits per heavy atom. The molecule has 0 aromatic heterocycles. The van der Waals surface area contributed by atoms with Crippen molar-refractivity contribution in [2.45, 2.75) is 24.7 Å². The molecule has 0 aliphatic carbocycles. The van der Waals surface area contributed by atoms with Gasteiger partial charge in [-0.3, -0.25) is 0 Å². The Balaban J connectivity index is 2.55. The molecule has 0 amide bonds. The molecule has 0 unspecified atom stereocenters. The number of para-hydroxylation sites is 1. The molecule has 96 valence electrons. The Bertz CT molecular complexity index is 443. The van der Waals surface area contributed by atoms with Gasteiger partial charge in [-0.05, 0) is 18.6 Å². The molecule has 0 atom stereocenters. The summed E-state index contributed by atoms with van der Waals surface area (Å²) < 4.78 is 29.1. The van der Waals surface area contributed by atoms with E-state index in [1.807, 2.05) is 0 Å². The normalized spacial score (nSPS) is 11.6. The van der Waals surface area contributed by atoms with Crippen molar-refractivity contribution in [3.05, 3.63) is 24.3 Å². The molecular weight excluding hydrogens is 238 g/mol. The zero-order chi connectivity index (χ0) is 12.7. The van der Waals surface area contributed by atoms with Gasteiger partial charge in [0.25, 0.3) is 0 Å². The summed E-state index contributed by atoms with van der Waals surface area (Å²) in [4.78, 5) is 0.194. The van der Waals surface area contributed by atoms with Crippen LogP contribution in [0.15, 0.2) is 29.2 Å². The number of nitrogen functional groups attached to an aromatic ring is 1. The van der Waals surface area contributed by atoms with E-state index in [0.717, 1.165) is 12.8 Å². The summed E-state index contributed by atoms with van der Waals surface area (Å²) in [5, 5.41) is 0. The predicted octanol–water partition coefficient (Wildman–Crippen LogP) is 1.86. The Kier molecular flexibility index (Phi) is 5.44. The number of unbranched alkanes of at least 4 members (excludes halogenated alkanes) is 1. The third kappa shape index (κ3) is 4.36. The highest BCUT2D eigenvalue weighted by atomic mass is 32.2. The van der Waals surface area contributed by atoms with Crippen molar-refractivity contribution in [2.24, 2.45) is 0 Å². The second-order valence-corrected chi connectivity index (χ2v) is 5.90. The van der Waals surface area contributed by atoms with Crippen LogP contribution >= 0.6 is 0 Å². The fourth-order valence-corrected chi connectivity index (χ4v) is 2.66. The average molecular weight is 257 g/mol. The van der Waals surface area contributed by atoms with Gasteiger partial charge in [-0.1, -0.05) is 25.5 Å². The minimum absolute atomic E-state index is 0.0229. The molecule has 5 heteroatoms. The quantitative estimate of drug-likeness (QED) is 0.598. The van der Waals surface area contributed by atoms with Crippen molar-refractivity contribution < 1.29 is 13.2 Å². The first-order valence-electron chi connectivity index (χ1n) is 5.73. The summed E-state index contributed by atoms with van der Waals surface area (Å²) >= 11 is 0. The van der Waals surface area contributed by atoms with Crippen molar-refractivity contribution in [2.75, 3.05) is 24.7 Å². The molecule has 1 rings (SSSR count).